The Hall–Kier alpha value is -0.190. The molecule has 1 aromatic rings. The summed E-state index contributed by atoms with van der Waals surface area (Å²) in [5, 5.41) is 3.55. The number of halogens is 2. The van der Waals surface area contributed by atoms with Crippen molar-refractivity contribution < 1.29 is 0 Å². The molecule has 0 bridgehead atoms. The van der Waals surface area contributed by atoms with Gasteiger partial charge in [0.25, 0.3) is 0 Å². The Morgan fingerprint density at radius 2 is 2.22 bits per heavy atom. The lowest BCUT2D eigenvalue weighted by Crippen LogP contribution is -2.25. The van der Waals surface area contributed by atoms with Crippen molar-refractivity contribution in [1.29, 1.82) is 0 Å². The summed E-state index contributed by atoms with van der Waals surface area (Å²) in [6, 6.07) is 2.31. The summed E-state index contributed by atoms with van der Waals surface area (Å²) in [5.74, 6) is 0. The SMILES string of the molecule is CCNC(C1=CCCCC1)c1ncc(Br)cc1Br. The maximum absolute atomic E-state index is 4.57. The quantitative estimate of drug-likeness (QED) is 0.769. The molecule has 1 N–H and O–H groups in total. The number of nitrogens with zero attached hydrogens (tertiary/aromatic N) is 1. The summed E-state index contributed by atoms with van der Waals surface area (Å²) in [7, 11) is 0. The van der Waals surface area contributed by atoms with Crippen LogP contribution in [0.4, 0.5) is 0 Å². The third-order valence-corrected chi connectivity index (χ3v) is 4.28. The van der Waals surface area contributed by atoms with Crippen LogP contribution < -0.4 is 5.32 Å². The van der Waals surface area contributed by atoms with Gasteiger partial charge in [0.15, 0.2) is 0 Å². The highest BCUT2D eigenvalue weighted by atomic mass is 79.9. The van der Waals surface area contributed by atoms with E-state index in [1.807, 2.05) is 6.20 Å². The van der Waals surface area contributed by atoms with Gasteiger partial charge in [-0.05, 0) is 70.2 Å². The molecule has 0 amide bonds. The number of allylic oxidation sites excluding steroid dienone is 1. The third-order valence-electron chi connectivity index (χ3n) is 3.21. The Labute approximate surface area is 126 Å². The van der Waals surface area contributed by atoms with E-state index in [0.717, 1.165) is 21.2 Å². The van der Waals surface area contributed by atoms with Crippen LogP contribution in [-0.2, 0) is 0 Å². The highest BCUT2D eigenvalue weighted by molar-refractivity contribution is 9.11. The molecule has 1 atom stereocenters. The van der Waals surface area contributed by atoms with Crippen molar-refractivity contribution in [3.05, 3.63) is 38.6 Å². The van der Waals surface area contributed by atoms with Gasteiger partial charge in [-0.1, -0.05) is 18.6 Å². The predicted molar refractivity (Wildman–Crippen MR) is 82.6 cm³/mol. The average molecular weight is 374 g/mol. The zero-order chi connectivity index (χ0) is 13.0. The van der Waals surface area contributed by atoms with Gasteiger partial charge in [-0.2, -0.15) is 0 Å². The molecule has 0 fully saturated rings. The van der Waals surface area contributed by atoms with Gasteiger partial charge in [0.2, 0.25) is 0 Å². The van der Waals surface area contributed by atoms with E-state index in [-0.39, 0.29) is 6.04 Å². The first-order valence-electron chi connectivity index (χ1n) is 6.45. The molecule has 0 saturated heterocycles. The molecule has 0 spiro atoms. The van der Waals surface area contributed by atoms with E-state index in [2.05, 4.69) is 61.2 Å². The fourth-order valence-corrected chi connectivity index (χ4v) is 3.59. The zero-order valence-electron chi connectivity index (χ0n) is 10.5. The summed E-state index contributed by atoms with van der Waals surface area (Å²) < 4.78 is 2.07. The van der Waals surface area contributed by atoms with Crippen LogP contribution in [0.25, 0.3) is 0 Å². The second kappa shape index (κ2) is 6.83. The first-order chi connectivity index (χ1) is 8.72. The molecule has 0 aliphatic heterocycles. The largest absolute Gasteiger partial charge is 0.305 e. The lowest BCUT2D eigenvalue weighted by molar-refractivity contribution is 0.552. The van der Waals surface area contributed by atoms with Crippen LogP contribution in [0.1, 0.15) is 44.3 Å². The highest BCUT2D eigenvalue weighted by Crippen LogP contribution is 2.33. The van der Waals surface area contributed by atoms with Gasteiger partial charge in [-0.3, -0.25) is 4.98 Å². The smallest absolute Gasteiger partial charge is 0.0757 e. The van der Waals surface area contributed by atoms with Gasteiger partial charge in [0, 0.05) is 15.1 Å². The van der Waals surface area contributed by atoms with Gasteiger partial charge in [0.05, 0.1) is 11.7 Å². The number of hydrogen-bond acceptors (Lipinski definition) is 2. The maximum Gasteiger partial charge on any atom is 0.0757 e. The van der Waals surface area contributed by atoms with Gasteiger partial charge >= 0.3 is 0 Å². The molecule has 1 aromatic heterocycles. The van der Waals surface area contributed by atoms with Crippen LogP contribution in [0.2, 0.25) is 0 Å². The molecule has 18 heavy (non-hydrogen) atoms. The van der Waals surface area contributed by atoms with Crippen LogP contribution in [0, 0.1) is 0 Å². The molecule has 1 heterocycles. The summed E-state index contributed by atoms with van der Waals surface area (Å²) >= 11 is 7.08. The van der Waals surface area contributed by atoms with E-state index >= 15 is 0 Å². The molecule has 1 aliphatic rings. The van der Waals surface area contributed by atoms with Gasteiger partial charge in [0.1, 0.15) is 0 Å². The third kappa shape index (κ3) is 3.43. The van der Waals surface area contributed by atoms with Crippen LogP contribution in [0.5, 0.6) is 0 Å². The molecule has 0 radical (unpaired) electrons. The van der Waals surface area contributed by atoms with Crippen molar-refractivity contribution in [1.82, 2.24) is 10.3 Å². The number of aromatic nitrogens is 1. The molecular weight excluding hydrogens is 356 g/mol. The lowest BCUT2D eigenvalue weighted by atomic mass is 9.92. The summed E-state index contributed by atoms with van der Waals surface area (Å²) in [6.45, 7) is 3.09. The normalized spacial score (nSPS) is 17.4. The fraction of sp³-hybridized carbons (Fsp3) is 0.500. The van der Waals surface area contributed by atoms with E-state index in [1.165, 1.54) is 31.3 Å². The topological polar surface area (TPSA) is 24.9 Å². The van der Waals surface area contributed by atoms with Gasteiger partial charge in [-0.15, -0.1) is 0 Å². The minimum absolute atomic E-state index is 0.248. The van der Waals surface area contributed by atoms with Crippen LogP contribution in [0.15, 0.2) is 32.9 Å². The second-order valence-electron chi connectivity index (χ2n) is 4.54. The Balaban J connectivity index is 2.31. The Morgan fingerprint density at radius 1 is 1.39 bits per heavy atom. The summed E-state index contributed by atoms with van der Waals surface area (Å²) in [4.78, 5) is 4.57. The number of hydrogen-bond donors (Lipinski definition) is 1. The summed E-state index contributed by atoms with van der Waals surface area (Å²) in [6.07, 6.45) is 9.24. The number of nitrogens with one attached hydrogen (secondary N) is 1. The number of pyridine rings is 1. The molecule has 2 rings (SSSR count). The van der Waals surface area contributed by atoms with E-state index in [4.69, 9.17) is 0 Å². The van der Waals surface area contributed by atoms with Crippen molar-refractivity contribution >= 4 is 31.9 Å². The van der Waals surface area contributed by atoms with E-state index in [1.54, 1.807) is 0 Å². The molecule has 1 aliphatic carbocycles. The number of rotatable bonds is 4. The standard InChI is InChI=1S/C14H18Br2N2/c1-2-17-13(10-6-4-3-5-7-10)14-12(16)8-11(15)9-18-14/h6,8-9,13,17H,2-5,7H2,1H3. The molecule has 4 heteroatoms. The highest BCUT2D eigenvalue weighted by Gasteiger charge is 2.20. The molecule has 0 saturated carbocycles. The van der Waals surface area contributed by atoms with Crippen molar-refractivity contribution in [2.75, 3.05) is 6.54 Å². The van der Waals surface area contributed by atoms with Crippen molar-refractivity contribution in [3.8, 4) is 0 Å². The zero-order valence-corrected chi connectivity index (χ0v) is 13.7. The second-order valence-corrected chi connectivity index (χ2v) is 6.31. The van der Waals surface area contributed by atoms with Crippen LogP contribution in [-0.4, -0.2) is 11.5 Å². The predicted octanol–water partition coefficient (Wildman–Crippen LogP) is 4.76. The van der Waals surface area contributed by atoms with E-state index in [0.29, 0.717) is 0 Å². The minimum atomic E-state index is 0.248. The first kappa shape index (κ1) is 14.2. The molecular formula is C14H18Br2N2. The van der Waals surface area contributed by atoms with Crippen molar-refractivity contribution in [2.45, 2.75) is 38.6 Å². The first-order valence-corrected chi connectivity index (χ1v) is 8.04. The molecule has 1 unspecified atom stereocenters. The Morgan fingerprint density at radius 3 is 2.83 bits per heavy atom. The van der Waals surface area contributed by atoms with Gasteiger partial charge < -0.3 is 5.32 Å². The average Bonchev–Trinajstić information content (AvgIpc) is 2.38. The van der Waals surface area contributed by atoms with E-state index < -0.39 is 0 Å². The van der Waals surface area contributed by atoms with Crippen LogP contribution >= 0.6 is 31.9 Å². The molecule has 98 valence electrons. The van der Waals surface area contributed by atoms with Gasteiger partial charge in [-0.25, -0.2) is 0 Å². The minimum Gasteiger partial charge on any atom is -0.305 e. The van der Waals surface area contributed by atoms with Crippen molar-refractivity contribution in [3.63, 3.8) is 0 Å². The monoisotopic (exact) mass is 372 g/mol. The Bertz CT molecular complexity index is 443. The fourth-order valence-electron chi connectivity index (χ4n) is 2.37. The van der Waals surface area contributed by atoms with Crippen LogP contribution in [0.3, 0.4) is 0 Å². The van der Waals surface area contributed by atoms with Crippen molar-refractivity contribution in [2.24, 2.45) is 0 Å². The maximum atomic E-state index is 4.57. The molecule has 2 nitrogen and oxygen atoms in total. The number of likely N-dealkylation sites (N-methyl/N-ethyl adjacent to an activating group) is 1. The van der Waals surface area contributed by atoms with E-state index in [9.17, 15) is 0 Å². The summed E-state index contributed by atoms with van der Waals surface area (Å²) in [5.41, 5.74) is 2.58. The molecule has 0 aromatic carbocycles. The Kier molecular flexibility index (Phi) is 5.39. The lowest BCUT2D eigenvalue weighted by Gasteiger charge is -2.24.